The number of ketones is 1. The van der Waals surface area contributed by atoms with Gasteiger partial charge in [0.05, 0.1) is 12.6 Å². The zero-order chi connectivity index (χ0) is 13.2. The number of Topliss-reactive ketones (excluding diaryl/α,β-unsaturated/α-hetero) is 1. The molecule has 0 bridgehead atoms. The van der Waals surface area contributed by atoms with Crippen LogP contribution >= 0.6 is 0 Å². The van der Waals surface area contributed by atoms with E-state index in [2.05, 4.69) is 4.98 Å². The van der Waals surface area contributed by atoms with Gasteiger partial charge in [0.1, 0.15) is 0 Å². The minimum absolute atomic E-state index is 0.117. The lowest BCUT2D eigenvalue weighted by Crippen LogP contribution is -2.41. The summed E-state index contributed by atoms with van der Waals surface area (Å²) in [4.78, 5) is 17.5. The summed E-state index contributed by atoms with van der Waals surface area (Å²) in [6, 6.07) is 7.83. The number of piperidine rings is 1. The quantitative estimate of drug-likeness (QED) is 0.825. The van der Waals surface area contributed by atoms with E-state index in [9.17, 15) is 9.90 Å². The summed E-state index contributed by atoms with van der Waals surface area (Å²) < 4.78 is 0. The molecule has 1 aliphatic heterocycles. The molecule has 4 heteroatoms. The SMILES string of the molecule is O=C(CN1CCCC(O)C1)c1c[nH]c2ccccc12. The van der Waals surface area contributed by atoms with Gasteiger partial charge in [-0.3, -0.25) is 9.69 Å². The standard InChI is InChI=1S/C15H18N2O2/c18-11-4-3-7-17(9-11)10-15(19)13-8-16-14-6-2-1-5-12(13)14/h1-2,5-6,8,11,16,18H,3-4,7,9-10H2. The number of aliphatic hydroxyl groups is 1. The molecule has 1 unspecified atom stereocenters. The molecule has 3 rings (SSSR count). The molecule has 19 heavy (non-hydrogen) atoms. The lowest BCUT2D eigenvalue weighted by atomic mass is 10.1. The van der Waals surface area contributed by atoms with Gasteiger partial charge in [0.2, 0.25) is 0 Å². The molecule has 0 radical (unpaired) electrons. The lowest BCUT2D eigenvalue weighted by Gasteiger charge is -2.29. The zero-order valence-electron chi connectivity index (χ0n) is 10.8. The predicted molar refractivity (Wildman–Crippen MR) is 74.3 cm³/mol. The van der Waals surface area contributed by atoms with Crippen molar-refractivity contribution in [3.63, 3.8) is 0 Å². The number of aromatic amines is 1. The number of nitrogens with one attached hydrogen (secondary N) is 1. The van der Waals surface area contributed by atoms with Gasteiger partial charge in [-0.15, -0.1) is 0 Å². The van der Waals surface area contributed by atoms with Crippen molar-refractivity contribution >= 4 is 16.7 Å². The molecule has 1 aliphatic rings. The maximum absolute atomic E-state index is 12.4. The molecule has 0 aliphatic carbocycles. The minimum atomic E-state index is -0.287. The Hall–Kier alpha value is -1.65. The number of aliphatic hydroxyl groups excluding tert-OH is 1. The average Bonchev–Trinajstić information content (AvgIpc) is 2.82. The number of rotatable bonds is 3. The van der Waals surface area contributed by atoms with Gasteiger partial charge in [-0.25, -0.2) is 0 Å². The second-order valence-electron chi connectivity index (χ2n) is 5.20. The number of benzene rings is 1. The van der Waals surface area contributed by atoms with E-state index in [4.69, 9.17) is 0 Å². The number of para-hydroxylation sites is 1. The molecule has 1 aromatic heterocycles. The van der Waals surface area contributed by atoms with Crippen molar-refractivity contribution in [1.82, 2.24) is 9.88 Å². The van der Waals surface area contributed by atoms with Crippen molar-refractivity contribution in [2.24, 2.45) is 0 Å². The van der Waals surface area contributed by atoms with E-state index in [1.54, 1.807) is 6.20 Å². The average molecular weight is 258 g/mol. The van der Waals surface area contributed by atoms with E-state index in [0.717, 1.165) is 35.9 Å². The summed E-state index contributed by atoms with van der Waals surface area (Å²) in [5.41, 5.74) is 1.74. The van der Waals surface area contributed by atoms with E-state index in [-0.39, 0.29) is 11.9 Å². The maximum atomic E-state index is 12.4. The molecule has 1 fully saturated rings. The number of β-amino-alcohol motifs (C(OH)–C–C–N with tert-alkyl or cyclic N) is 1. The fourth-order valence-electron chi connectivity index (χ4n) is 2.77. The van der Waals surface area contributed by atoms with Crippen molar-refractivity contribution in [2.45, 2.75) is 18.9 Å². The molecule has 100 valence electrons. The molecule has 0 saturated carbocycles. The molecule has 2 N–H and O–H groups in total. The zero-order valence-corrected chi connectivity index (χ0v) is 10.8. The van der Waals surface area contributed by atoms with Crippen LogP contribution in [0.4, 0.5) is 0 Å². The molecule has 0 amide bonds. The number of aromatic nitrogens is 1. The monoisotopic (exact) mass is 258 g/mol. The van der Waals surface area contributed by atoms with Crippen LogP contribution in [0.25, 0.3) is 10.9 Å². The second kappa shape index (κ2) is 5.15. The molecule has 2 aromatic rings. The van der Waals surface area contributed by atoms with Gasteiger partial charge >= 0.3 is 0 Å². The Morgan fingerprint density at radius 2 is 2.26 bits per heavy atom. The van der Waals surface area contributed by atoms with Gasteiger partial charge in [-0.05, 0) is 25.5 Å². The number of H-pyrrole nitrogens is 1. The van der Waals surface area contributed by atoms with Crippen molar-refractivity contribution in [3.05, 3.63) is 36.0 Å². The van der Waals surface area contributed by atoms with E-state index >= 15 is 0 Å². The van der Waals surface area contributed by atoms with Crippen LogP contribution in [0.2, 0.25) is 0 Å². The Labute approximate surface area is 112 Å². The van der Waals surface area contributed by atoms with E-state index < -0.39 is 0 Å². The van der Waals surface area contributed by atoms with Crippen LogP contribution in [0.1, 0.15) is 23.2 Å². The maximum Gasteiger partial charge on any atom is 0.178 e. The summed E-state index contributed by atoms with van der Waals surface area (Å²) in [5, 5.41) is 10.6. The third kappa shape index (κ3) is 2.55. The highest BCUT2D eigenvalue weighted by Crippen LogP contribution is 2.19. The third-order valence-corrected chi connectivity index (χ3v) is 3.74. The van der Waals surface area contributed by atoms with Gasteiger partial charge in [-0.1, -0.05) is 18.2 Å². The first-order valence-corrected chi connectivity index (χ1v) is 6.74. The van der Waals surface area contributed by atoms with Crippen LogP contribution in [0.15, 0.2) is 30.5 Å². The molecule has 4 nitrogen and oxygen atoms in total. The number of nitrogens with zero attached hydrogens (tertiary/aromatic N) is 1. The first-order chi connectivity index (χ1) is 9.24. The van der Waals surface area contributed by atoms with Gasteiger partial charge in [0, 0.05) is 29.2 Å². The van der Waals surface area contributed by atoms with Crippen molar-refractivity contribution in [1.29, 1.82) is 0 Å². The van der Waals surface area contributed by atoms with Crippen molar-refractivity contribution in [3.8, 4) is 0 Å². The lowest BCUT2D eigenvalue weighted by molar-refractivity contribution is 0.0635. The summed E-state index contributed by atoms with van der Waals surface area (Å²) in [6.07, 6.45) is 3.30. The molecule has 0 spiro atoms. The van der Waals surface area contributed by atoms with Crippen LogP contribution in [-0.2, 0) is 0 Å². The number of likely N-dealkylation sites (tertiary alicyclic amines) is 1. The van der Waals surface area contributed by atoms with Crippen LogP contribution in [0.5, 0.6) is 0 Å². The number of fused-ring (bicyclic) bond motifs is 1. The number of hydrogen-bond acceptors (Lipinski definition) is 3. The van der Waals surface area contributed by atoms with E-state index in [1.807, 2.05) is 29.2 Å². The topological polar surface area (TPSA) is 56.3 Å². The molecular formula is C15H18N2O2. The summed E-state index contributed by atoms with van der Waals surface area (Å²) in [5.74, 6) is 0.117. The molecule has 1 atom stereocenters. The Morgan fingerprint density at radius 1 is 1.42 bits per heavy atom. The van der Waals surface area contributed by atoms with Crippen LogP contribution in [-0.4, -0.2) is 46.5 Å². The van der Waals surface area contributed by atoms with Crippen molar-refractivity contribution in [2.75, 3.05) is 19.6 Å². The number of carbonyl (C=O) groups is 1. The summed E-state index contributed by atoms with van der Waals surface area (Å²) in [7, 11) is 0. The van der Waals surface area contributed by atoms with Crippen LogP contribution in [0, 0.1) is 0 Å². The summed E-state index contributed by atoms with van der Waals surface area (Å²) >= 11 is 0. The number of carbonyl (C=O) groups excluding carboxylic acids is 1. The summed E-state index contributed by atoms with van der Waals surface area (Å²) in [6.45, 7) is 1.89. The first-order valence-electron chi connectivity index (χ1n) is 6.74. The van der Waals surface area contributed by atoms with E-state index in [1.165, 1.54) is 0 Å². The van der Waals surface area contributed by atoms with Crippen LogP contribution < -0.4 is 0 Å². The van der Waals surface area contributed by atoms with Gasteiger partial charge < -0.3 is 10.1 Å². The Balaban J connectivity index is 1.76. The van der Waals surface area contributed by atoms with Gasteiger partial charge in [-0.2, -0.15) is 0 Å². The Morgan fingerprint density at radius 3 is 3.11 bits per heavy atom. The van der Waals surface area contributed by atoms with Gasteiger partial charge in [0.15, 0.2) is 5.78 Å². The van der Waals surface area contributed by atoms with E-state index in [0.29, 0.717) is 13.1 Å². The Kier molecular flexibility index (Phi) is 3.36. The largest absolute Gasteiger partial charge is 0.392 e. The highest BCUT2D eigenvalue weighted by Gasteiger charge is 2.21. The predicted octanol–water partition coefficient (Wildman–Crippen LogP) is 1.81. The molecule has 1 saturated heterocycles. The minimum Gasteiger partial charge on any atom is -0.392 e. The fourth-order valence-corrected chi connectivity index (χ4v) is 2.77. The number of hydrogen-bond donors (Lipinski definition) is 2. The molecular weight excluding hydrogens is 240 g/mol. The first kappa shape index (κ1) is 12.4. The van der Waals surface area contributed by atoms with Crippen LogP contribution in [0.3, 0.4) is 0 Å². The van der Waals surface area contributed by atoms with Crippen molar-refractivity contribution < 1.29 is 9.90 Å². The van der Waals surface area contributed by atoms with Gasteiger partial charge in [0.25, 0.3) is 0 Å². The molecule has 2 heterocycles. The smallest absolute Gasteiger partial charge is 0.178 e. The molecule has 1 aromatic carbocycles. The Bertz CT molecular complexity index is 591. The fraction of sp³-hybridized carbons (Fsp3) is 0.400. The normalized spacial score (nSPS) is 20.8. The highest BCUT2D eigenvalue weighted by atomic mass is 16.3. The third-order valence-electron chi connectivity index (χ3n) is 3.74. The second-order valence-corrected chi connectivity index (χ2v) is 5.20. The highest BCUT2D eigenvalue weighted by molar-refractivity contribution is 6.08.